The summed E-state index contributed by atoms with van der Waals surface area (Å²) >= 11 is 0. The fourth-order valence-corrected chi connectivity index (χ4v) is 4.01. The largest absolute Gasteiger partial charge is 0.311 e. The normalized spacial score (nSPS) is 31.4. The predicted molar refractivity (Wildman–Crippen MR) is 83.5 cm³/mol. The van der Waals surface area contributed by atoms with E-state index < -0.39 is 0 Å². The summed E-state index contributed by atoms with van der Waals surface area (Å²) < 4.78 is 0. The molecule has 19 heavy (non-hydrogen) atoms. The second-order valence-electron chi connectivity index (χ2n) is 7.34. The van der Waals surface area contributed by atoms with Crippen LogP contribution in [0.2, 0.25) is 0 Å². The Morgan fingerprint density at radius 3 is 2.47 bits per heavy atom. The number of nitrogens with zero attached hydrogens (tertiary/aromatic N) is 1. The van der Waals surface area contributed by atoms with E-state index in [1.807, 2.05) is 0 Å². The first-order valence-electron chi connectivity index (χ1n) is 8.57. The highest BCUT2D eigenvalue weighted by molar-refractivity contribution is 4.95. The molecule has 2 unspecified atom stereocenters. The molecule has 1 saturated heterocycles. The van der Waals surface area contributed by atoms with Crippen LogP contribution in [0.15, 0.2) is 0 Å². The van der Waals surface area contributed by atoms with Gasteiger partial charge in [-0.2, -0.15) is 0 Å². The average Bonchev–Trinajstić information content (AvgIpc) is 2.34. The van der Waals surface area contributed by atoms with Crippen molar-refractivity contribution in [1.82, 2.24) is 10.2 Å². The number of rotatable bonds is 6. The molecule has 2 aliphatic rings. The Morgan fingerprint density at radius 2 is 2.00 bits per heavy atom. The van der Waals surface area contributed by atoms with Crippen LogP contribution < -0.4 is 5.32 Å². The summed E-state index contributed by atoms with van der Waals surface area (Å²) in [5.74, 6) is 0.768. The van der Waals surface area contributed by atoms with E-state index in [1.54, 1.807) is 0 Å². The molecule has 1 N–H and O–H groups in total. The van der Waals surface area contributed by atoms with Gasteiger partial charge in [-0.25, -0.2) is 0 Å². The molecule has 1 heterocycles. The maximum atomic E-state index is 3.78. The van der Waals surface area contributed by atoms with E-state index in [0.717, 1.165) is 18.0 Å². The summed E-state index contributed by atoms with van der Waals surface area (Å²) in [6.07, 6.45) is 8.41. The van der Waals surface area contributed by atoms with Gasteiger partial charge in [-0.15, -0.1) is 0 Å². The molecule has 2 fully saturated rings. The third-order valence-corrected chi connectivity index (χ3v) is 5.65. The molecular formula is C17H34N2. The van der Waals surface area contributed by atoms with Crippen molar-refractivity contribution in [2.45, 2.75) is 78.3 Å². The fourth-order valence-electron chi connectivity index (χ4n) is 4.01. The lowest BCUT2D eigenvalue weighted by Gasteiger charge is -2.50. The van der Waals surface area contributed by atoms with Crippen LogP contribution >= 0.6 is 0 Å². The molecule has 112 valence electrons. The van der Waals surface area contributed by atoms with Gasteiger partial charge in [0.05, 0.1) is 0 Å². The predicted octanol–water partition coefficient (Wildman–Crippen LogP) is 3.67. The van der Waals surface area contributed by atoms with Gasteiger partial charge < -0.3 is 5.32 Å². The molecule has 0 amide bonds. The topological polar surface area (TPSA) is 15.3 Å². The standard InChI is InChI=1S/C17H34N2/c1-5-8-15-12-19(16(11-18-15)14(3)4)13-17(6-2)9-7-10-17/h14-16,18H,5-13H2,1-4H3. The minimum absolute atomic E-state index is 0.668. The Hall–Kier alpha value is -0.0800. The number of hydrogen-bond donors (Lipinski definition) is 1. The smallest absolute Gasteiger partial charge is 0.0244 e. The van der Waals surface area contributed by atoms with Crippen molar-refractivity contribution in [2.75, 3.05) is 19.6 Å². The van der Waals surface area contributed by atoms with Crippen LogP contribution in [0, 0.1) is 11.3 Å². The van der Waals surface area contributed by atoms with Gasteiger partial charge in [-0.05, 0) is 37.0 Å². The van der Waals surface area contributed by atoms with E-state index in [9.17, 15) is 0 Å². The van der Waals surface area contributed by atoms with Crippen molar-refractivity contribution < 1.29 is 0 Å². The molecule has 0 aromatic heterocycles. The van der Waals surface area contributed by atoms with E-state index in [2.05, 4.69) is 37.9 Å². The van der Waals surface area contributed by atoms with Crippen LogP contribution in [0.25, 0.3) is 0 Å². The molecule has 2 atom stereocenters. The third kappa shape index (κ3) is 3.52. The average molecular weight is 266 g/mol. The molecule has 0 spiro atoms. The van der Waals surface area contributed by atoms with Gasteiger partial charge in [-0.3, -0.25) is 4.90 Å². The SMILES string of the molecule is CCCC1CN(CC2(CC)CCC2)C(C(C)C)CN1. The molecule has 2 nitrogen and oxygen atoms in total. The molecule has 1 saturated carbocycles. The fraction of sp³-hybridized carbons (Fsp3) is 1.00. The van der Waals surface area contributed by atoms with Crippen molar-refractivity contribution in [1.29, 1.82) is 0 Å². The lowest BCUT2D eigenvalue weighted by atomic mass is 9.66. The van der Waals surface area contributed by atoms with Gasteiger partial charge in [0.1, 0.15) is 0 Å². The first-order chi connectivity index (χ1) is 9.10. The van der Waals surface area contributed by atoms with Gasteiger partial charge in [0, 0.05) is 31.7 Å². The van der Waals surface area contributed by atoms with E-state index in [-0.39, 0.29) is 0 Å². The van der Waals surface area contributed by atoms with E-state index in [4.69, 9.17) is 0 Å². The summed E-state index contributed by atoms with van der Waals surface area (Å²) in [4.78, 5) is 2.84. The molecule has 1 aliphatic carbocycles. The van der Waals surface area contributed by atoms with Gasteiger partial charge in [0.2, 0.25) is 0 Å². The quantitative estimate of drug-likeness (QED) is 0.789. The summed E-state index contributed by atoms with van der Waals surface area (Å²) in [7, 11) is 0. The first-order valence-corrected chi connectivity index (χ1v) is 8.57. The summed E-state index contributed by atoms with van der Waals surface area (Å²) in [6.45, 7) is 13.3. The van der Waals surface area contributed by atoms with Gasteiger partial charge in [0.25, 0.3) is 0 Å². The highest BCUT2D eigenvalue weighted by Gasteiger charge is 2.40. The van der Waals surface area contributed by atoms with Crippen molar-refractivity contribution in [3.8, 4) is 0 Å². The zero-order valence-corrected chi connectivity index (χ0v) is 13.5. The second-order valence-corrected chi connectivity index (χ2v) is 7.34. The molecular weight excluding hydrogens is 232 g/mol. The molecule has 0 aromatic carbocycles. The Labute approximate surface area is 120 Å². The van der Waals surface area contributed by atoms with Crippen LogP contribution in [-0.2, 0) is 0 Å². The monoisotopic (exact) mass is 266 g/mol. The van der Waals surface area contributed by atoms with E-state index in [0.29, 0.717) is 5.41 Å². The van der Waals surface area contributed by atoms with E-state index >= 15 is 0 Å². The molecule has 0 bridgehead atoms. The van der Waals surface area contributed by atoms with Crippen LogP contribution in [0.1, 0.15) is 66.2 Å². The third-order valence-electron chi connectivity index (χ3n) is 5.65. The maximum Gasteiger partial charge on any atom is 0.0244 e. The highest BCUT2D eigenvalue weighted by atomic mass is 15.2. The first kappa shape index (κ1) is 15.3. The van der Waals surface area contributed by atoms with Crippen LogP contribution in [0.3, 0.4) is 0 Å². The van der Waals surface area contributed by atoms with Crippen molar-refractivity contribution in [2.24, 2.45) is 11.3 Å². The minimum atomic E-state index is 0.668. The van der Waals surface area contributed by atoms with Crippen LogP contribution in [0.4, 0.5) is 0 Å². The van der Waals surface area contributed by atoms with E-state index in [1.165, 1.54) is 58.2 Å². The maximum absolute atomic E-state index is 3.78. The molecule has 2 rings (SSSR count). The van der Waals surface area contributed by atoms with Gasteiger partial charge in [0.15, 0.2) is 0 Å². The molecule has 0 aromatic rings. The lowest BCUT2D eigenvalue weighted by Crippen LogP contribution is -2.60. The summed E-state index contributed by atoms with van der Waals surface area (Å²) in [5.41, 5.74) is 0.668. The zero-order chi connectivity index (χ0) is 13.9. The van der Waals surface area contributed by atoms with Gasteiger partial charge >= 0.3 is 0 Å². The summed E-state index contributed by atoms with van der Waals surface area (Å²) in [5, 5.41) is 3.78. The van der Waals surface area contributed by atoms with Crippen molar-refractivity contribution in [3.63, 3.8) is 0 Å². The highest BCUT2D eigenvalue weighted by Crippen LogP contribution is 2.45. The number of hydrogen-bond acceptors (Lipinski definition) is 2. The number of nitrogens with one attached hydrogen (secondary N) is 1. The zero-order valence-electron chi connectivity index (χ0n) is 13.5. The Balaban J connectivity index is 1.98. The van der Waals surface area contributed by atoms with Crippen LogP contribution in [0.5, 0.6) is 0 Å². The summed E-state index contributed by atoms with van der Waals surface area (Å²) in [6, 6.07) is 1.48. The lowest BCUT2D eigenvalue weighted by molar-refractivity contribution is 0.00715. The second kappa shape index (κ2) is 6.58. The Morgan fingerprint density at radius 1 is 1.26 bits per heavy atom. The van der Waals surface area contributed by atoms with Crippen molar-refractivity contribution in [3.05, 3.63) is 0 Å². The molecule has 1 aliphatic heterocycles. The molecule has 2 heteroatoms. The number of piperazine rings is 1. The minimum Gasteiger partial charge on any atom is -0.311 e. The molecule has 0 radical (unpaired) electrons. The van der Waals surface area contributed by atoms with Crippen LogP contribution in [-0.4, -0.2) is 36.6 Å². The Kier molecular flexibility index (Phi) is 5.30. The van der Waals surface area contributed by atoms with Gasteiger partial charge in [-0.1, -0.05) is 40.5 Å². The van der Waals surface area contributed by atoms with Crippen molar-refractivity contribution >= 4 is 0 Å². The Bertz CT molecular complexity index is 265.